The van der Waals surface area contributed by atoms with E-state index in [-0.39, 0.29) is 42.4 Å². The smallest absolute Gasteiger partial charge is 0.334 e. The van der Waals surface area contributed by atoms with Crippen LogP contribution in [0, 0.1) is 5.92 Å². The van der Waals surface area contributed by atoms with Crippen LogP contribution in [0.25, 0.3) is 0 Å². The van der Waals surface area contributed by atoms with Gasteiger partial charge in [-0.3, -0.25) is 4.79 Å². The number of hydrogen-bond acceptors (Lipinski definition) is 10. The Kier molecular flexibility index (Phi) is 11.3. The Hall–Kier alpha value is -3.70. The van der Waals surface area contributed by atoms with Crippen LogP contribution in [0.3, 0.4) is 0 Å². The lowest BCUT2D eigenvalue weighted by atomic mass is 9.95. The fourth-order valence-electron chi connectivity index (χ4n) is 3.98. The summed E-state index contributed by atoms with van der Waals surface area (Å²) in [5.41, 5.74) is 1.01. The highest BCUT2D eigenvalue weighted by molar-refractivity contribution is 5.98. The van der Waals surface area contributed by atoms with Crippen LogP contribution in [0.5, 0.6) is 11.5 Å². The van der Waals surface area contributed by atoms with Crippen LogP contribution in [-0.4, -0.2) is 75.3 Å². The maximum atomic E-state index is 13.2. The Morgan fingerprint density at radius 3 is 2.68 bits per heavy atom. The van der Waals surface area contributed by atoms with Crippen molar-refractivity contribution < 1.29 is 42.8 Å². The molecule has 11 nitrogen and oxygen atoms in total. The molecule has 11 heteroatoms. The second-order valence-electron chi connectivity index (χ2n) is 8.71. The van der Waals surface area contributed by atoms with Crippen LogP contribution in [0.1, 0.15) is 36.3 Å². The minimum atomic E-state index is -1.06. The Balaban J connectivity index is 1.66. The summed E-state index contributed by atoms with van der Waals surface area (Å²) in [6, 6.07) is 10.4. The quantitative estimate of drug-likeness (QED) is 0.341. The van der Waals surface area contributed by atoms with Crippen molar-refractivity contribution >= 4 is 17.8 Å². The zero-order valence-corrected chi connectivity index (χ0v) is 21.8. The zero-order valence-electron chi connectivity index (χ0n) is 21.8. The third-order valence-corrected chi connectivity index (χ3v) is 5.73. The van der Waals surface area contributed by atoms with E-state index in [1.165, 1.54) is 24.9 Å². The number of ether oxygens (including phenoxy) is 6. The molecular formula is C27H34N2O9. The van der Waals surface area contributed by atoms with Crippen LogP contribution in [0.15, 0.2) is 42.6 Å². The number of carbonyl (C=O) groups is 3. The van der Waals surface area contributed by atoms with Gasteiger partial charge in [0.25, 0.3) is 5.91 Å². The van der Waals surface area contributed by atoms with E-state index in [1.807, 2.05) is 37.3 Å². The predicted molar refractivity (Wildman–Crippen MR) is 135 cm³/mol. The van der Waals surface area contributed by atoms with Crippen LogP contribution in [0.4, 0.5) is 0 Å². The highest BCUT2D eigenvalue weighted by Gasteiger charge is 2.30. The molecular weight excluding hydrogens is 496 g/mol. The van der Waals surface area contributed by atoms with Gasteiger partial charge >= 0.3 is 11.9 Å². The number of amides is 1. The lowest BCUT2D eigenvalue weighted by molar-refractivity contribution is -0.155. The van der Waals surface area contributed by atoms with E-state index >= 15 is 0 Å². The molecule has 3 rings (SSSR count). The Bertz CT molecular complexity index is 1060. The SMILES string of the molecule is CCOCC(=O)OCOc1c(OC)ccnc1C(=O)N[C@H]1COCC(Cc2ccccc2)CC(C)OC1=O. The molecule has 2 unspecified atom stereocenters. The maximum absolute atomic E-state index is 13.2. The van der Waals surface area contributed by atoms with Crippen molar-refractivity contribution in [2.24, 2.45) is 5.92 Å². The van der Waals surface area contributed by atoms with Gasteiger partial charge in [-0.05, 0) is 38.2 Å². The molecule has 0 aliphatic carbocycles. The number of nitrogens with zero attached hydrogens (tertiary/aromatic N) is 1. The van der Waals surface area contributed by atoms with Gasteiger partial charge in [0.15, 0.2) is 23.2 Å². The number of nitrogens with one attached hydrogen (secondary N) is 1. The van der Waals surface area contributed by atoms with E-state index in [4.69, 9.17) is 28.4 Å². The second kappa shape index (κ2) is 14.9. The van der Waals surface area contributed by atoms with Crippen LogP contribution >= 0.6 is 0 Å². The summed E-state index contributed by atoms with van der Waals surface area (Å²) in [5.74, 6) is -1.67. The molecule has 0 radical (unpaired) electrons. The van der Waals surface area contributed by atoms with Gasteiger partial charge in [0.2, 0.25) is 6.79 Å². The third-order valence-electron chi connectivity index (χ3n) is 5.73. The number of aromatic nitrogens is 1. The topological polar surface area (TPSA) is 132 Å². The van der Waals surface area contributed by atoms with Gasteiger partial charge in [-0.2, -0.15) is 0 Å². The third kappa shape index (κ3) is 8.70. The van der Waals surface area contributed by atoms with Gasteiger partial charge in [-0.25, -0.2) is 14.6 Å². The molecule has 1 aliphatic heterocycles. The number of rotatable bonds is 11. The lowest BCUT2D eigenvalue weighted by Gasteiger charge is -2.20. The van der Waals surface area contributed by atoms with Crippen LogP contribution in [0.2, 0.25) is 0 Å². The van der Waals surface area contributed by atoms with Crippen molar-refractivity contribution in [1.29, 1.82) is 0 Å². The molecule has 1 amide bonds. The number of benzene rings is 1. The zero-order chi connectivity index (χ0) is 27.3. The molecule has 1 fully saturated rings. The van der Waals surface area contributed by atoms with E-state index in [0.717, 1.165) is 6.42 Å². The molecule has 206 valence electrons. The van der Waals surface area contributed by atoms with Crippen molar-refractivity contribution in [1.82, 2.24) is 10.3 Å². The second-order valence-corrected chi connectivity index (χ2v) is 8.71. The summed E-state index contributed by atoms with van der Waals surface area (Å²) < 4.78 is 32.2. The summed E-state index contributed by atoms with van der Waals surface area (Å²) in [5, 5.41) is 2.62. The van der Waals surface area contributed by atoms with Crippen molar-refractivity contribution in [2.75, 3.05) is 40.3 Å². The molecule has 1 N–H and O–H groups in total. The molecule has 1 aliphatic rings. The minimum Gasteiger partial charge on any atom is -0.493 e. The molecule has 3 atom stereocenters. The molecule has 2 aromatic rings. The summed E-state index contributed by atoms with van der Waals surface area (Å²) in [4.78, 5) is 41.8. The first kappa shape index (κ1) is 28.9. The van der Waals surface area contributed by atoms with E-state index in [1.54, 1.807) is 6.92 Å². The van der Waals surface area contributed by atoms with E-state index < -0.39 is 30.7 Å². The molecule has 0 spiro atoms. The highest BCUT2D eigenvalue weighted by Crippen LogP contribution is 2.29. The summed E-state index contributed by atoms with van der Waals surface area (Å²) in [6.45, 7) is 3.53. The monoisotopic (exact) mass is 530 g/mol. The van der Waals surface area contributed by atoms with Gasteiger partial charge in [-0.15, -0.1) is 0 Å². The number of cyclic esters (lactones) is 1. The predicted octanol–water partition coefficient (Wildman–Crippen LogP) is 2.32. The van der Waals surface area contributed by atoms with Gasteiger partial charge in [0.1, 0.15) is 6.61 Å². The lowest BCUT2D eigenvalue weighted by Crippen LogP contribution is -2.45. The van der Waals surface area contributed by atoms with E-state index in [2.05, 4.69) is 10.3 Å². The molecule has 1 aromatic carbocycles. The standard InChI is InChI=1S/C27H34N2O9/c1-4-34-16-23(30)36-17-37-25-22(33-3)10-11-28-24(25)26(31)29-21-15-35-14-20(12-18(2)38-27(21)32)13-19-8-6-5-7-9-19/h5-11,18,20-21H,4,12-17H2,1-3H3,(H,29,31)/t18?,20?,21-/m0/s1. The molecule has 2 heterocycles. The van der Waals surface area contributed by atoms with Gasteiger partial charge in [-0.1, -0.05) is 30.3 Å². The first-order valence-corrected chi connectivity index (χ1v) is 12.4. The Morgan fingerprint density at radius 1 is 1.16 bits per heavy atom. The van der Waals surface area contributed by atoms with Crippen LogP contribution < -0.4 is 14.8 Å². The Morgan fingerprint density at radius 2 is 1.95 bits per heavy atom. The van der Waals surface area contributed by atoms with Crippen molar-refractivity contribution in [3.05, 3.63) is 53.9 Å². The summed E-state index contributed by atoms with van der Waals surface area (Å²) >= 11 is 0. The molecule has 0 saturated carbocycles. The molecule has 1 aromatic heterocycles. The molecule has 1 saturated heterocycles. The van der Waals surface area contributed by atoms with Gasteiger partial charge < -0.3 is 33.7 Å². The summed E-state index contributed by atoms with van der Waals surface area (Å²) in [6.07, 6.45) is 2.40. The van der Waals surface area contributed by atoms with Crippen molar-refractivity contribution in [3.63, 3.8) is 0 Å². The average molecular weight is 531 g/mol. The highest BCUT2D eigenvalue weighted by atomic mass is 16.7. The van der Waals surface area contributed by atoms with Crippen molar-refractivity contribution in [2.45, 2.75) is 38.8 Å². The normalized spacial score (nSPS) is 19.8. The number of esters is 2. The minimum absolute atomic E-state index is 0.0506. The maximum Gasteiger partial charge on any atom is 0.334 e. The first-order valence-electron chi connectivity index (χ1n) is 12.4. The molecule has 38 heavy (non-hydrogen) atoms. The van der Waals surface area contributed by atoms with Crippen LogP contribution in [-0.2, 0) is 35.0 Å². The Labute approximate surface area is 221 Å². The average Bonchev–Trinajstić information content (AvgIpc) is 2.97. The summed E-state index contributed by atoms with van der Waals surface area (Å²) in [7, 11) is 1.39. The first-order chi connectivity index (χ1) is 18.4. The van der Waals surface area contributed by atoms with E-state index in [9.17, 15) is 14.4 Å². The van der Waals surface area contributed by atoms with E-state index in [0.29, 0.717) is 19.6 Å². The number of hydrogen-bond donors (Lipinski definition) is 1. The van der Waals surface area contributed by atoms with Crippen molar-refractivity contribution in [3.8, 4) is 11.5 Å². The number of methoxy groups -OCH3 is 1. The largest absolute Gasteiger partial charge is 0.493 e. The number of carbonyl (C=O) groups excluding carboxylic acids is 3. The number of pyridine rings is 1. The van der Waals surface area contributed by atoms with Gasteiger partial charge in [0.05, 0.1) is 19.8 Å². The molecule has 0 bridgehead atoms. The fourth-order valence-corrected chi connectivity index (χ4v) is 3.98. The fraction of sp³-hybridized carbons (Fsp3) is 0.481. The van der Waals surface area contributed by atoms with Gasteiger partial charge in [0, 0.05) is 25.5 Å².